The number of ether oxygens (including phenoxy) is 1. The van der Waals surface area contributed by atoms with Crippen LogP contribution in [0.1, 0.15) is 26.2 Å². The summed E-state index contributed by atoms with van der Waals surface area (Å²) in [6.45, 7) is 2.95. The number of halogens is 1. The summed E-state index contributed by atoms with van der Waals surface area (Å²) < 4.78 is 30.8. The molecule has 1 amide bonds. The number of methoxy groups -OCH3 is 1. The van der Waals surface area contributed by atoms with Crippen molar-refractivity contribution >= 4 is 33.2 Å². The van der Waals surface area contributed by atoms with Crippen LogP contribution in [0.5, 0.6) is 5.75 Å². The highest BCUT2D eigenvalue weighted by Crippen LogP contribution is 2.31. The van der Waals surface area contributed by atoms with Gasteiger partial charge in [-0.05, 0) is 44.4 Å². The second-order valence-corrected chi connectivity index (χ2v) is 8.21. The van der Waals surface area contributed by atoms with E-state index in [9.17, 15) is 13.2 Å². The molecule has 1 atom stereocenters. The van der Waals surface area contributed by atoms with Crippen molar-refractivity contribution in [3.63, 3.8) is 0 Å². The molecule has 0 N–H and O–H groups in total. The maximum Gasteiger partial charge on any atom is 0.246 e. The molecule has 0 aromatic heterocycles. The number of benzene rings is 1. The number of hydrogen-bond donors (Lipinski definition) is 0. The summed E-state index contributed by atoms with van der Waals surface area (Å²) >= 11 is 6.11. The van der Waals surface area contributed by atoms with E-state index in [0.717, 1.165) is 29.8 Å². The predicted molar refractivity (Wildman–Crippen MR) is 95.2 cm³/mol. The Bertz CT molecular complexity index is 702. The average molecular weight is 375 g/mol. The lowest BCUT2D eigenvalue weighted by atomic mass is 10.1. The van der Waals surface area contributed by atoms with Gasteiger partial charge in [-0.25, -0.2) is 8.42 Å². The van der Waals surface area contributed by atoms with E-state index in [2.05, 4.69) is 0 Å². The number of nitrogens with zero attached hydrogens (tertiary/aromatic N) is 2. The van der Waals surface area contributed by atoms with Crippen LogP contribution in [-0.2, 0) is 14.8 Å². The van der Waals surface area contributed by atoms with Crippen LogP contribution in [0.15, 0.2) is 18.2 Å². The Hall–Kier alpha value is -1.47. The molecular weight excluding hydrogens is 352 g/mol. The van der Waals surface area contributed by atoms with E-state index in [1.165, 1.54) is 13.2 Å². The maximum absolute atomic E-state index is 12.7. The third-order valence-electron chi connectivity index (χ3n) is 4.12. The van der Waals surface area contributed by atoms with Crippen molar-refractivity contribution in [1.82, 2.24) is 4.90 Å². The molecule has 0 spiro atoms. The van der Waals surface area contributed by atoms with Crippen molar-refractivity contribution < 1.29 is 17.9 Å². The van der Waals surface area contributed by atoms with Gasteiger partial charge in [0.05, 0.1) is 24.1 Å². The van der Waals surface area contributed by atoms with E-state index in [1.807, 2.05) is 0 Å². The van der Waals surface area contributed by atoms with E-state index in [0.29, 0.717) is 29.5 Å². The van der Waals surface area contributed by atoms with E-state index in [4.69, 9.17) is 16.3 Å². The summed E-state index contributed by atoms with van der Waals surface area (Å²) in [4.78, 5) is 14.5. The Labute approximate surface area is 148 Å². The molecule has 1 aliphatic heterocycles. The molecule has 2 rings (SSSR count). The first-order valence-corrected chi connectivity index (χ1v) is 10.1. The molecule has 0 saturated carbocycles. The Morgan fingerprint density at radius 2 is 1.92 bits per heavy atom. The van der Waals surface area contributed by atoms with Crippen molar-refractivity contribution in [2.75, 3.05) is 30.8 Å². The Kier molecular flexibility index (Phi) is 5.98. The first-order valence-electron chi connectivity index (χ1n) is 7.87. The first kappa shape index (κ1) is 18.9. The summed E-state index contributed by atoms with van der Waals surface area (Å²) in [7, 11) is -2.17. The normalized spacial score (nSPS) is 16.6. The summed E-state index contributed by atoms with van der Waals surface area (Å²) in [5, 5.41) is 0.293. The zero-order valence-electron chi connectivity index (χ0n) is 14.2. The van der Waals surface area contributed by atoms with Gasteiger partial charge in [-0.1, -0.05) is 11.6 Å². The van der Waals surface area contributed by atoms with Gasteiger partial charge in [-0.3, -0.25) is 9.10 Å². The summed E-state index contributed by atoms with van der Waals surface area (Å²) in [5.41, 5.74) is 0.348. The van der Waals surface area contributed by atoms with Crippen LogP contribution in [0, 0.1) is 0 Å². The van der Waals surface area contributed by atoms with Gasteiger partial charge in [0.1, 0.15) is 11.8 Å². The maximum atomic E-state index is 12.7. The van der Waals surface area contributed by atoms with Crippen molar-refractivity contribution in [2.45, 2.75) is 32.2 Å². The standard InChI is InChI=1S/C16H23ClN2O4S/c1-12(16(20)18-9-5-4-6-10-18)19(24(3,21)22)13-7-8-15(23-2)14(17)11-13/h7-8,11-12H,4-6,9-10H2,1-3H3. The van der Waals surface area contributed by atoms with Crippen molar-refractivity contribution in [1.29, 1.82) is 0 Å². The molecule has 0 bridgehead atoms. The summed E-state index contributed by atoms with van der Waals surface area (Å²) in [5.74, 6) is 0.260. The number of rotatable bonds is 5. The molecule has 24 heavy (non-hydrogen) atoms. The SMILES string of the molecule is COc1ccc(N(C(C)C(=O)N2CCCCC2)S(C)(=O)=O)cc1Cl. The van der Waals surface area contributed by atoms with E-state index >= 15 is 0 Å². The highest BCUT2D eigenvalue weighted by Gasteiger charge is 2.32. The number of piperidine rings is 1. The lowest BCUT2D eigenvalue weighted by Crippen LogP contribution is -2.50. The van der Waals surface area contributed by atoms with Gasteiger partial charge < -0.3 is 9.64 Å². The molecule has 1 saturated heterocycles. The van der Waals surface area contributed by atoms with Crippen LogP contribution in [-0.4, -0.2) is 51.7 Å². The van der Waals surface area contributed by atoms with E-state index in [1.54, 1.807) is 24.0 Å². The average Bonchev–Trinajstić information content (AvgIpc) is 2.54. The molecule has 8 heteroatoms. The van der Waals surface area contributed by atoms with Gasteiger partial charge in [-0.2, -0.15) is 0 Å². The third kappa shape index (κ3) is 4.13. The van der Waals surface area contributed by atoms with Crippen LogP contribution < -0.4 is 9.04 Å². The smallest absolute Gasteiger partial charge is 0.246 e. The number of sulfonamides is 1. The Balaban J connectivity index is 2.34. The number of hydrogen-bond acceptors (Lipinski definition) is 4. The fraction of sp³-hybridized carbons (Fsp3) is 0.562. The molecule has 6 nitrogen and oxygen atoms in total. The molecule has 1 heterocycles. The second-order valence-electron chi connectivity index (χ2n) is 5.94. The van der Waals surface area contributed by atoms with Crippen LogP contribution in [0.25, 0.3) is 0 Å². The predicted octanol–water partition coefficient (Wildman–Crippen LogP) is 2.52. The number of anilines is 1. The Morgan fingerprint density at radius 3 is 2.42 bits per heavy atom. The van der Waals surface area contributed by atoms with Crippen molar-refractivity contribution in [3.8, 4) is 5.75 Å². The zero-order chi connectivity index (χ0) is 17.9. The number of likely N-dealkylation sites (tertiary alicyclic amines) is 1. The molecule has 1 aromatic carbocycles. The highest BCUT2D eigenvalue weighted by atomic mass is 35.5. The molecule has 1 unspecified atom stereocenters. The van der Waals surface area contributed by atoms with Crippen LogP contribution in [0.3, 0.4) is 0 Å². The highest BCUT2D eigenvalue weighted by molar-refractivity contribution is 7.92. The van der Waals surface area contributed by atoms with Gasteiger partial charge >= 0.3 is 0 Å². The third-order valence-corrected chi connectivity index (χ3v) is 5.66. The number of carbonyl (C=O) groups is 1. The zero-order valence-corrected chi connectivity index (χ0v) is 15.7. The first-order chi connectivity index (χ1) is 11.3. The largest absolute Gasteiger partial charge is 0.495 e. The van der Waals surface area contributed by atoms with Crippen molar-refractivity contribution in [3.05, 3.63) is 23.2 Å². The van der Waals surface area contributed by atoms with Gasteiger partial charge in [0.15, 0.2) is 0 Å². The summed E-state index contributed by atoms with van der Waals surface area (Å²) in [6.07, 6.45) is 4.09. The monoisotopic (exact) mass is 374 g/mol. The number of amides is 1. The van der Waals surface area contributed by atoms with E-state index < -0.39 is 16.1 Å². The Morgan fingerprint density at radius 1 is 1.29 bits per heavy atom. The van der Waals surface area contributed by atoms with Crippen LogP contribution >= 0.6 is 11.6 Å². The molecule has 1 aliphatic rings. The molecule has 1 fully saturated rings. The quantitative estimate of drug-likeness (QED) is 0.794. The minimum Gasteiger partial charge on any atom is -0.495 e. The topological polar surface area (TPSA) is 66.9 Å². The van der Waals surface area contributed by atoms with Gasteiger partial charge in [0.2, 0.25) is 15.9 Å². The van der Waals surface area contributed by atoms with Gasteiger partial charge in [-0.15, -0.1) is 0 Å². The lowest BCUT2D eigenvalue weighted by molar-refractivity contribution is -0.132. The van der Waals surface area contributed by atoms with Crippen LogP contribution in [0.4, 0.5) is 5.69 Å². The van der Waals surface area contributed by atoms with Gasteiger partial charge in [0.25, 0.3) is 0 Å². The number of carbonyl (C=O) groups excluding carboxylic acids is 1. The van der Waals surface area contributed by atoms with E-state index in [-0.39, 0.29) is 5.91 Å². The second kappa shape index (κ2) is 7.61. The van der Waals surface area contributed by atoms with Gasteiger partial charge in [0, 0.05) is 13.1 Å². The molecule has 0 radical (unpaired) electrons. The minimum absolute atomic E-state index is 0.188. The molecule has 134 valence electrons. The molecular formula is C16H23ClN2O4S. The van der Waals surface area contributed by atoms with Crippen LogP contribution in [0.2, 0.25) is 5.02 Å². The molecule has 1 aromatic rings. The minimum atomic E-state index is -3.65. The molecule has 0 aliphatic carbocycles. The lowest BCUT2D eigenvalue weighted by Gasteiger charge is -2.34. The summed E-state index contributed by atoms with van der Waals surface area (Å²) in [6, 6.07) is 3.85. The fourth-order valence-corrected chi connectivity index (χ4v) is 4.39. The van der Waals surface area contributed by atoms with Crippen molar-refractivity contribution in [2.24, 2.45) is 0 Å². The fourth-order valence-electron chi connectivity index (χ4n) is 2.97.